The highest BCUT2D eigenvalue weighted by Gasteiger charge is 2.15. The fraction of sp³-hybridized carbons (Fsp3) is 0.625. The molecule has 0 saturated carbocycles. The first-order chi connectivity index (χ1) is 9.67. The lowest BCUT2D eigenvalue weighted by atomic mass is 10.0. The number of benzene rings is 1. The average Bonchev–Trinajstić information content (AvgIpc) is 2.48. The van der Waals surface area contributed by atoms with Gasteiger partial charge in [0.25, 0.3) is 0 Å². The number of nitrogens with two attached hydrogens (primary N) is 1. The molecule has 0 aliphatic heterocycles. The van der Waals surface area contributed by atoms with Crippen molar-refractivity contribution in [3.8, 4) is 0 Å². The van der Waals surface area contributed by atoms with Crippen molar-refractivity contribution in [1.29, 1.82) is 0 Å². The summed E-state index contributed by atoms with van der Waals surface area (Å²) in [6.07, 6.45) is 0.301. The van der Waals surface area contributed by atoms with Gasteiger partial charge in [-0.2, -0.15) is 11.8 Å². The number of rotatable bonds is 10. The summed E-state index contributed by atoms with van der Waals surface area (Å²) in [5, 5.41) is 10.1. The van der Waals surface area contributed by atoms with Gasteiger partial charge in [0.05, 0.1) is 6.10 Å². The highest BCUT2D eigenvalue weighted by atomic mass is 32.2. The third kappa shape index (κ3) is 6.75. The minimum atomic E-state index is -0.433. The first-order valence-electron chi connectivity index (χ1n) is 7.45. The summed E-state index contributed by atoms with van der Waals surface area (Å²) in [6, 6.07) is 9.94. The predicted octanol–water partition coefficient (Wildman–Crippen LogP) is 1.99. The molecular weight excluding hydrogens is 268 g/mol. The third-order valence-electron chi connectivity index (χ3n) is 3.54. The Kier molecular flexibility index (Phi) is 8.94. The van der Waals surface area contributed by atoms with Gasteiger partial charge < -0.3 is 15.7 Å². The molecule has 1 aromatic carbocycles. The van der Waals surface area contributed by atoms with E-state index in [9.17, 15) is 5.11 Å². The monoisotopic (exact) mass is 296 g/mol. The maximum Gasteiger partial charge on any atom is 0.0784 e. The Hall–Kier alpha value is -0.550. The number of hydrogen-bond acceptors (Lipinski definition) is 4. The van der Waals surface area contributed by atoms with Crippen molar-refractivity contribution in [3.63, 3.8) is 0 Å². The quantitative estimate of drug-likeness (QED) is 0.648. The summed E-state index contributed by atoms with van der Waals surface area (Å²) >= 11 is 1.79. The Morgan fingerprint density at radius 1 is 1.20 bits per heavy atom. The van der Waals surface area contributed by atoms with Crippen LogP contribution in [-0.2, 0) is 6.42 Å². The van der Waals surface area contributed by atoms with Crippen molar-refractivity contribution in [1.82, 2.24) is 4.90 Å². The maximum atomic E-state index is 10.1. The normalized spacial score (nSPS) is 14.4. The molecule has 3 nitrogen and oxygen atoms in total. The highest BCUT2D eigenvalue weighted by molar-refractivity contribution is 7.99. The van der Waals surface area contributed by atoms with Gasteiger partial charge in [0.2, 0.25) is 0 Å². The van der Waals surface area contributed by atoms with Crippen LogP contribution in [0.2, 0.25) is 0 Å². The molecule has 3 N–H and O–H groups in total. The van der Waals surface area contributed by atoms with Gasteiger partial charge in [-0.1, -0.05) is 44.2 Å². The zero-order valence-corrected chi connectivity index (χ0v) is 13.5. The van der Waals surface area contributed by atoms with Gasteiger partial charge in [0.15, 0.2) is 0 Å². The molecule has 0 radical (unpaired) electrons. The molecular formula is C16H28N2OS. The van der Waals surface area contributed by atoms with Gasteiger partial charge in [0, 0.05) is 24.1 Å². The van der Waals surface area contributed by atoms with E-state index in [1.165, 1.54) is 5.56 Å². The second-order valence-corrected chi connectivity index (χ2v) is 6.17. The minimum Gasteiger partial charge on any atom is -0.391 e. The zero-order valence-electron chi connectivity index (χ0n) is 12.7. The summed E-state index contributed by atoms with van der Waals surface area (Å²) in [7, 11) is 0. The van der Waals surface area contributed by atoms with Crippen LogP contribution in [0.15, 0.2) is 30.3 Å². The van der Waals surface area contributed by atoms with Gasteiger partial charge in [-0.15, -0.1) is 0 Å². The molecule has 0 heterocycles. The molecule has 0 amide bonds. The summed E-state index contributed by atoms with van der Waals surface area (Å²) in [5.41, 5.74) is 7.26. The lowest BCUT2D eigenvalue weighted by molar-refractivity contribution is 0.167. The summed E-state index contributed by atoms with van der Waals surface area (Å²) in [6.45, 7) is 7.62. The molecule has 20 heavy (non-hydrogen) atoms. The van der Waals surface area contributed by atoms with E-state index in [0.717, 1.165) is 37.6 Å². The summed E-state index contributed by atoms with van der Waals surface area (Å²) in [5.74, 6) is 1.77. The van der Waals surface area contributed by atoms with E-state index in [1.54, 1.807) is 11.8 Å². The molecule has 4 heteroatoms. The van der Waals surface area contributed by atoms with Crippen LogP contribution in [0.1, 0.15) is 19.4 Å². The standard InChI is InChI=1S/C16H28N2OS/c1-3-18(4-2)10-11-20-13-16(19)15(17)12-14-8-6-5-7-9-14/h5-9,15-16,19H,3-4,10-13,17H2,1-2H3. The molecule has 0 aliphatic carbocycles. The number of aliphatic hydroxyl groups is 1. The van der Waals surface area contributed by atoms with E-state index in [-0.39, 0.29) is 6.04 Å². The van der Waals surface area contributed by atoms with Crippen LogP contribution in [0.3, 0.4) is 0 Å². The van der Waals surface area contributed by atoms with E-state index in [4.69, 9.17) is 5.73 Å². The van der Waals surface area contributed by atoms with Crippen molar-refractivity contribution in [3.05, 3.63) is 35.9 Å². The SMILES string of the molecule is CCN(CC)CCSCC(O)C(N)Cc1ccccc1. The molecule has 2 unspecified atom stereocenters. The second-order valence-electron chi connectivity index (χ2n) is 5.02. The Labute approximate surface area is 127 Å². The van der Waals surface area contributed by atoms with Crippen molar-refractivity contribution < 1.29 is 5.11 Å². The van der Waals surface area contributed by atoms with E-state index < -0.39 is 6.10 Å². The number of thioether (sulfide) groups is 1. The molecule has 0 aliphatic rings. The van der Waals surface area contributed by atoms with E-state index in [1.807, 2.05) is 18.2 Å². The van der Waals surface area contributed by atoms with Crippen LogP contribution >= 0.6 is 11.8 Å². The molecule has 0 bridgehead atoms. The molecule has 0 saturated heterocycles. The molecule has 2 atom stereocenters. The van der Waals surface area contributed by atoms with Gasteiger partial charge in [-0.05, 0) is 25.1 Å². The van der Waals surface area contributed by atoms with E-state index >= 15 is 0 Å². The van der Waals surface area contributed by atoms with E-state index in [0.29, 0.717) is 0 Å². The largest absolute Gasteiger partial charge is 0.391 e. The lowest BCUT2D eigenvalue weighted by Crippen LogP contribution is -2.38. The van der Waals surface area contributed by atoms with Crippen LogP contribution in [0.25, 0.3) is 0 Å². The van der Waals surface area contributed by atoms with Gasteiger partial charge >= 0.3 is 0 Å². The highest BCUT2D eigenvalue weighted by Crippen LogP contribution is 2.10. The Bertz CT molecular complexity index is 344. The van der Waals surface area contributed by atoms with Gasteiger partial charge in [-0.25, -0.2) is 0 Å². The zero-order chi connectivity index (χ0) is 14.8. The number of nitrogens with zero attached hydrogens (tertiary/aromatic N) is 1. The first-order valence-corrected chi connectivity index (χ1v) is 8.60. The molecule has 114 valence electrons. The lowest BCUT2D eigenvalue weighted by Gasteiger charge is -2.20. The smallest absolute Gasteiger partial charge is 0.0784 e. The van der Waals surface area contributed by atoms with Gasteiger partial charge in [-0.3, -0.25) is 0 Å². The Morgan fingerprint density at radius 2 is 1.85 bits per heavy atom. The first kappa shape index (κ1) is 17.5. The summed E-state index contributed by atoms with van der Waals surface area (Å²) in [4.78, 5) is 2.39. The van der Waals surface area contributed by atoms with Crippen molar-refractivity contribution in [2.24, 2.45) is 5.73 Å². The van der Waals surface area contributed by atoms with Crippen LogP contribution in [0.5, 0.6) is 0 Å². The maximum absolute atomic E-state index is 10.1. The van der Waals surface area contributed by atoms with Crippen molar-refractivity contribution in [2.45, 2.75) is 32.4 Å². The van der Waals surface area contributed by atoms with Crippen LogP contribution < -0.4 is 5.73 Å². The van der Waals surface area contributed by atoms with Crippen LogP contribution in [0.4, 0.5) is 0 Å². The second kappa shape index (κ2) is 10.2. The van der Waals surface area contributed by atoms with E-state index in [2.05, 4.69) is 30.9 Å². The molecule has 0 fully saturated rings. The molecule has 0 spiro atoms. The van der Waals surface area contributed by atoms with Crippen molar-refractivity contribution in [2.75, 3.05) is 31.1 Å². The summed E-state index contributed by atoms with van der Waals surface area (Å²) < 4.78 is 0. The van der Waals surface area contributed by atoms with Crippen LogP contribution in [-0.4, -0.2) is 53.3 Å². The predicted molar refractivity (Wildman–Crippen MR) is 89.2 cm³/mol. The fourth-order valence-corrected chi connectivity index (χ4v) is 3.13. The molecule has 0 aromatic heterocycles. The number of hydrogen-bond donors (Lipinski definition) is 2. The molecule has 1 aromatic rings. The Morgan fingerprint density at radius 3 is 2.45 bits per heavy atom. The van der Waals surface area contributed by atoms with Crippen LogP contribution in [0, 0.1) is 0 Å². The molecule has 1 rings (SSSR count). The third-order valence-corrected chi connectivity index (χ3v) is 4.59. The van der Waals surface area contributed by atoms with Crippen molar-refractivity contribution >= 4 is 11.8 Å². The average molecular weight is 296 g/mol. The topological polar surface area (TPSA) is 49.5 Å². The minimum absolute atomic E-state index is 0.182. The Balaban J connectivity index is 2.20. The number of aliphatic hydroxyl groups excluding tert-OH is 1. The van der Waals surface area contributed by atoms with Gasteiger partial charge in [0.1, 0.15) is 0 Å². The fourth-order valence-electron chi connectivity index (χ4n) is 2.08.